The minimum Gasteiger partial charge on any atom is -0.361 e. The Morgan fingerprint density at radius 3 is 2.30 bits per heavy atom. The van der Waals surface area contributed by atoms with Gasteiger partial charge in [-0.05, 0) is 26.0 Å². The maximum absolute atomic E-state index is 11.8. The molecule has 2 amide bonds. The number of nitrogens with zero attached hydrogens (tertiary/aromatic N) is 3. The lowest BCUT2D eigenvalue weighted by Gasteiger charge is -2.18. The number of likely N-dealkylation sites (N-methyl/N-ethyl adjacent to an activating group) is 1. The summed E-state index contributed by atoms with van der Waals surface area (Å²) in [5.74, 6) is 0.523. The zero-order chi connectivity index (χ0) is 15.1. The highest BCUT2D eigenvalue weighted by molar-refractivity contribution is 5.93. The van der Waals surface area contributed by atoms with Gasteiger partial charge in [0.15, 0.2) is 0 Å². The highest BCUT2D eigenvalue weighted by atomic mass is 16.2. The second kappa shape index (κ2) is 7.47. The van der Waals surface area contributed by atoms with Crippen molar-refractivity contribution in [2.45, 2.75) is 13.8 Å². The highest BCUT2D eigenvalue weighted by Gasteiger charge is 2.10. The number of pyridine rings is 1. The lowest BCUT2D eigenvalue weighted by atomic mass is 10.2. The predicted molar refractivity (Wildman–Crippen MR) is 78.7 cm³/mol. The second-order valence-electron chi connectivity index (χ2n) is 4.55. The van der Waals surface area contributed by atoms with Gasteiger partial charge in [0.1, 0.15) is 5.82 Å². The van der Waals surface area contributed by atoms with Crippen molar-refractivity contribution in [2.75, 3.05) is 39.0 Å². The molecule has 0 bridgehead atoms. The summed E-state index contributed by atoms with van der Waals surface area (Å²) in [6, 6.07) is 3.39. The Hall–Kier alpha value is -2.11. The third-order valence-electron chi connectivity index (χ3n) is 2.95. The van der Waals surface area contributed by atoms with Crippen LogP contribution in [0.2, 0.25) is 0 Å². The van der Waals surface area contributed by atoms with Crippen molar-refractivity contribution in [2.24, 2.45) is 0 Å². The predicted octanol–water partition coefficient (Wildman–Crippen LogP) is 1.06. The second-order valence-corrected chi connectivity index (χ2v) is 4.55. The van der Waals surface area contributed by atoms with Crippen molar-refractivity contribution in [1.82, 2.24) is 14.8 Å². The molecule has 0 saturated heterocycles. The molecule has 0 radical (unpaired) electrons. The molecule has 110 valence electrons. The van der Waals surface area contributed by atoms with Gasteiger partial charge in [-0.3, -0.25) is 9.59 Å². The first kappa shape index (κ1) is 15.9. The standard InChI is InChI=1S/C14H22N4O2/c1-5-18(6-2)13(19)10-16-12-8-7-11(9-15-12)14(20)17(3)4/h7-9H,5-6,10H2,1-4H3,(H,15,16). The molecule has 0 aliphatic carbocycles. The summed E-state index contributed by atoms with van der Waals surface area (Å²) in [7, 11) is 3.38. The van der Waals surface area contributed by atoms with E-state index in [0.29, 0.717) is 24.5 Å². The summed E-state index contributed by atoms with van der Waals surface area (Å²) in [4.78, 5) is 30.9. The van der Waals surface area contributed by atoms with Gasteiger partial charge >= 0.3 is 0 Å². The van der Waals surface area contributed by atoms with Crippen LogP contribution in [-0.4, -0.2) is 60.3 Å². The molecule has 6 heteroatoms. The summed E-state index contributed by atoms with van der Waals surface area (Å²) in [5, 5.41) is 2.96. The SMILES string of the molecule is CCN(CC)C(=O)CNc1ccc(C(=O)N(C)C)cn1. The van der Waals surface area contributed by atoms with E-state index in [4.69, 9.17) is 0 Å². The van der Waals surface area contributed by atoms with E-state index in [1.54, 1.807) is 31.1 Å². The van der Waals surface area contributed by atoms with Crippen LogP contribution in [0.3, 0.4) is 0 Å². The average molecular weight is 278 g/mol. The van der Waals surface area contributed by atoms with Gasteiger partial charge in [0.05, 0.1) is 12.1 Å². The summed E-state index contributed by atoms with van der Waals surface area (Å²) in [5.41, 5.74) is 0.524. The molecule has 0 aromatic carbocycles. The van der Waals surface area contributed by atoms with Crippen molar-refractivity contribution in [3.05, 3.63) is 23.9 Å². The molecule has 0 fully saturated rings. The molecule has 0 unspecified atom stereocenters. The zero-order valence-electron chi connectivity index (χ0n) is 12.5. The van der Waals surface area contributed by atoms with Crippen LogP contribution in [0.5, 0.6) is 0 Å². The molecule has 0 aliphatic rings. The van der Waals surface area contributed by atoms with Crippen molar-refractivity contribution >= 4 is 17.6 Å². The molecule has 0 spiro atoms. The van der Waals surface area contributed by atoms with Crippen LogP contribution in [-0.2, 0) is 4.79 Å². The lowest BCUT2D eigenvalue weighted by molar-refractivity contribution is -0.128. The first-order valence-corrected chi connectivity index (χ1v) is 6.68. The summed E-state index contributed by atoms with van der Waals surface area (Å²) < 4.78 is 0. The fourth-order valence-electron chi connectivity index (χ4n) is 1.74. The van der Waals surface area contributed by atoms with Crippen LogP contribution in [0.25, 0.3) is 0 Å². The van der Waals surface area contributed by atoms with Crippen LogP contribution >= 0.6 is 0 Å². The summed E-state index contributed by atoms with van der Waals surface area (Å²) in [6.45, 7) is 5.49. The number of anilines is 1. The molecule has 0 aliphatic heterocycles. The highest BCUT2D eigenvalue weighted by Crippen LogP contribution is 2.06. The maximum atomic E-state index is 11.8. The monoisotopic (exact) mass is 278 g/mol. The van der Waals surface area contributed by atoms with Crippen LogP contribution in [0.1, 0.15) is 24.2 Å². The van der Waals surface area contributed by atoms with E-state index in [9.17, 15) is 9.59 Å². The Balaban J connectivity index is 2.58. The number of rotatable bonds is 6. The maximum Gasteiger partial charge on any atom is 0.254 e. The van der Waals surface area contributed by atoms with Crippen molar-refractivity contribution in [3.63, 3.8) is 0 Å². The number of hydrogen-bond acceptors (Lipinski definition) is 4. The smallest absolute Gasteiger partial charge is 0.254 e. The first-order valence-electron chi connectivity index (χ1n) is 6.68. The Morgan fingerprint density at radius 1 is 1.20 bits per heavy atom. The van der Waals surface area contributed by atoms with Crippen molar-refractivity contribution in [3.8, 4) is 0 Å². The number of amides is 2. The third-order valence-corrected chi connectivity index (χ3v) is 2.95. The number of hydrogen-bond donors (Lipinski definition) is 1. The number of nitrogens with one attached hydrogen (secondary N) is 1. The molecular formula is C14H22N4O2. The molecule has 1 rings (SSSR count). The van der Waals surface area contributed by atoms with Crippen LogP contribution in [0.15, 0.2) is 18.3 Å². The third kappa shape index (κ3) is 4.22. The summed E-state index contributed by atoms with van der Waals surface area (Å²) >= 11 is 0. The molecule has 1 heterocycles. The van der Waals surface area contributed by atoms with Crippen LogP contribution in [0, 0.1) is 0 Å². The Labute approximate surface area is 119 Å². The van der Waals surface area contributed by atoms with E-state index in [1.165, 1.54) is 11.1 Å². The average Bonchev–Trinajstić information content (AvgIpc) is 2.46. The van der Waals surface area contributed by atoms with Crippen LogP contribution in [0.4, 0.5) is 5.82 Å². The van der Waals surface area contributed by atoms with Gasteiger partial charge in [-0.25, -0.2) is 4.98 Å². The number of carbonyl (C=O) groups excluding carboxylic acids is 2. The number of aromatic nitrogens is 1. The Morgan fingerprint density at radius 2 is 1.85 bits per heavy atom. The lowest BCUT2D eigenvalue weighted by Crippen LogP contribution is -2.35. The molecule has 0 saturated carbocycles. The fourth-order valence-corrected chi connectivity index (χ4v) is 1.74. The molecule has 1 aromatic heterocycles. The topological polar surface area (TPSA) is 65.5 Å². The summed E-state index contributed by atoms with van der Waals surface area (Å²) in [6.07, 6.45) is 1.51. The molecule has 20 heavy (non-hydrogen) atoms. The van der Waals surface area contributed by atoms with Gasteiger partial charge in [0, 0.05) is 33.4 Å². The number of carbonyl (C=O) groups is 2. The van der Waals surface area contributed by atoms with Crippen LogP contribution < -0.4 is 5.32 Å². The minimum absolute atomic E-state index is 0.0326. The Bertz CT molecular complexity index is 453. The van der Waals surface area contributed by atoms with Gasteiger partial charge in [0.25, 0.3) is 5.91 Å². The van der Waals surface area contributed by atoms with E-state index in [-0.39, 0.29) is 18.4 Å². The normalized spacial score (nSPS) is 10.0. The van der Waals surface area contributed by atoms with Crippen molar-refractivity contribution < 1.29 is 9.59 Å². The van der Waals surface area contributed by atoms with Gasteiger partial charge in [-0.1, -0.05) is 0 Å². The molecule has 1 N–H and O–H groups in total. The fraction of sp³-hybridized carbons (Fsp3) is 0.500. The van der Waals surface area contributed by atoms with E-state index in [1.807, 2.05) is 13.8 Å². The van der Waals surface area contributed by atoms with E-state index < -0.39 is 0 Å². The van der Waals surface area contributed by atoms with Gasteiger partial charge in [-0.15, -0.1) is 0 Å². The zero-order valence-corrected chi connectivity index (χ0v) is 12.5. The van der Waals surface area contributed by atoms with E-state index in [0.717, 1.165) is 0 Å². The molecule has 1 aromatic rings. The molecule has 6 nitrogen and oxygen atoms in total. The Kier molecular flexibility index (Phi) is 5.96. The van der Waals surface area contributed by atoms with E-state index in [2.05, 4.69) is 10.3 Å². The molecule has 0 atom stereocenters. The van der Waals surface area contributed by atoms with Crippen molar-refractivity contribution in [1.29, 1.82) is 0 Å². The van der Waals surface area contributed by atoms with Gasteiger partial charge < -0.3 is 15.1 Å². The van der Waals surface area contributed by atoms with E-state index >= 15 is 0 Å². The quantitative estimate of drug-likeness (QED) is 0.845. The van der Waals surface area contributed by atoms with Gasteiger partial charge in [-0.2, -0.15) is 0 Å². The van der Waals surface area contributed by atoms with Gasteiger partial charge in [0.2, 0.25) is 5.91 Å². The molecular weight excluding hydrogens is 256 g/mol. The first-order chi connectivity index (χ1) is 9.49. The largest absolute Gasteiger partial charge is 0.361 e. The minimum atomic E-state index is -0.0942.